The van der Waals surface area contributed by atoms with Gasteiger partial charge in [0.15, 0.2) is 0 Å². The Hall–Kier alpha value is -2.16. The first-order valence-electron chi connectivity index (χ1n) is 10.1. The Morgan fingerprint density at radius 3 is 2.54 bits per heavy atom. The van der Waals surface area contributed by atoms with Gasteiger partial charge in [0.25, 0.3) is 0 Å². The van der Waals surface area contributed by atoms with Crippen LogP contribution in [0, 0.1) is 11.8 Å². The summed E-state index contributed by atoms with van der Waals surface area (Å²) in [6.45, 7) is 4.12. The highest BCUT2D eigenvalue weighted by atomic mass is 16.4. The van der Waals surface area contributed by atoms with E-state index in [-0.39, 0.29) is 24.3 Å². The van der Waals surface area contributed by atoms with Gasteiger partial charge in [0.1, 0.15) is 6.04 Å². The van der Waals surface area contributed by atoms with E-state index in [4.69, 9.17) is 5.11 Å². The van der Waals surface area contributed by atoms with Crippen molar-refractivity contribution >= 4 is 23.7 Å². The second-order valence-corrected chi connectivity index (χ2v) is 7.75. The van der Waals surface area contributed by atoms with Gasteiger partial charge < -0.3 is 26.0 Å². The Morgan fingerprint density at radius 2 is 1.89 bits per heavy atom. The molecular formula is C19H32N4O5. The van der Waals surface area contributed by atoms with E-state index in [0.29, 0.717) is 31.8 Å². The maximum atomic E-state index is 12.5. The number of carbonyl (C=O) groups is 4. The van der Waals surface area contributed by atoms with Gasteiger partial charge in [0, 0.05) is 33.0 Å². The van der Waals surface area contributed by atoms with E-state index < -0.39 is 17.9 Å². The van der Waals surface area contributed by atoms with Crippen molar-refractivity contribution in [3.63, 3.8) is 0 Å². The molecule has 28 heavy (non-hydrogen) atoms. The van der Waals surface area contributed by atoms with Gasteiger partial charge in [-0.3, -0.25) is 14.4 Å². The molecule has 0 aliphatic carbocycles. The molecule has 2 heterocycles. The summed E-state index contributed by atoms with van der Waals surface area (Å²) in [5, 5.41) is 17.3. The number of carbonyl (C=O) groups excluding carboxylic acids is 3. The van der Waals surface area contributed by atoms with Crippen LogP contribution in [-0.2, 0) is 19.2 Å². The molecule has 0 unspecified atom stereocenters. The maximum Gasteiger partial charge on any atom is 0.328 e. The lowest BCUT2D eigenvalue weighted by atomic mass is 9.92. The first-order chi connectivity index (χ1) is 13.4. The van der Waals surface area contributed by atoms with Crippen LogP contribution >= 0.6 is 0 Å². The van der Waals surface area contributed by atoms with Gasteiger partial charge in [0.2, 0.25) is 17.7 Å². The van der Waals surface area contributed by atoms with E-state index in [2.05, 4.69) is 16.0 Å². The number of carboxylic acids is 1. The molecule has 2 rings (SSSR count). The summed E-state index contributed by atoms with van der Waals surface area (Å²) >= 11 is 0. The number of rotatable bonds is 8. The van der Waals surface area contributed by atoms with Gasteiger partial charge in [-0.05, 0) is 51.1 Å². The van der Waals surface area contributed by atoms with Crippen LogP contribution in [0.15, 0.2) is 0 Å². The predicted octanol–water partition coefficient (Wildman–Crippen LogP) is -0.290. The van der Waals surface area contributed by atoms with E-state index in [1.807, 2.05) is 0 Å². The highest BCUT2D eigenvalue weighted by Gasteiger charge is 2.29. The van der Waals surface area contributed by atoms with Crippen LogP contribution in [0.2, 0.25) is 0 Å². The zero-order valence-corrected chi connectivity index (χ0v) is 16.5. The van der Waals surface area contributed by atoms with E-state index in [1.54, 1.807) is 4.90 Å². The lowest BCUT2D eigenvalue weighted by molar-refractivity contribution is -0.141. The summed E-state index contributed by atoms with van der Waals surface area (Å²) in [6.07, 6.45) is 5.05. The van der Waals surface area contributed by atoms with Crippen LogP contribution in [-0.4, -0.2) is 72.5 Å². The number of hydrogen-bond donors (Lipinski definition) is 4. The van der Waals surface area contributed by atoms with Crippen LogP contribution in [0.25, 0.3) is 0 Å². The molecule has 0 aromatic rings. The number of nitrogens with one attached hydrogen (secondary N) is 3. The normalized spacial score (nSPS) is 21.6. The third-order valence-corrected chi connectivity index (χ3v) is 5.53. The molecule has 0 aromatic carbocycles. The molecule has 158 valence electrons. The Balaban J connectivity index is 1.77. The van der Waals surface area contributed by atoms with Gasteiger partial charge in [-0.2, -0.15) is 0 Å². The predicted molar refractivity (Wildman–Crippen MR) is 102 cm³/mol. The van der Waals surface area contributed by atoms with Gasteiger partial charge in [-0.15, -0.1) is 0 Å². The number of likely N-dealkylation sites (tertiary alicyclic amines) is 1. The van der Waals surface area contributed by atoms with Crippen molar-refractivity contribution in [3.8, 4) is 0 Å². The molecule has 9 nitrogen and oxygen atoms in total. The number of carboxylic acid groups (broad SMARTS) is 1. The number of amides is 3. The molecule has 0 radical (unpaired) electrons. The highest BCUT2D eigenvalue weighted by molar-refractivity contribution is 5.84. The van der Waals surface area contributed by atoms with E-state index in [0.717, 1.165) is 38.8 Å². The zero-order chi connectivity index (χ0) is 20.5. The van der Waals surface area contributed by atoms with Crippen molar-refractivity contribution in [2.75, 3.05) is 32.7 Å². The summed E-state index contributed by atoms with van der Waals surface area (Å²) in [4.78, 5) is 48.9. The fraction of sp³-hybridized carbons (Fsp3) is 0.789. The van der Waals surface area contributed by atoms with Crippen molar-refractivity contribution in [1.82, 2.24) is 20.9 Å². The Morgan fingerprint density at radius 1 is 1.18 bits per heavy atom. The molecule has 0 saturated carbocycles. The van der Waals surface area contributed by atoms with Gasteiger partial charge in [-0.1, -0.05) is 0 Å². The number of piperidine rings is 2. The topological polar surface area (TPSA) is 128 Å². The molecule has 2 atom stereocenters. The standard InChI is InChI=1S/C19H32N4O5/c1-13(24)22-16(19(27)28)11-21-18(26)15-3-2-10-23(12-15)17(25)5-4-14-6-8-20-9-7-14/h14-16,20H,2-12H2,1H3,(H,21,26)(H,22,24)(H,27,28)/t15-,16+/m0/s1. The first kappa shape index (κ1) is 22.1. The minimum atomic E-state index is -1.20. The molecule has 0 bridgehead atoms. The van der Waals surface area contributed by atoms with E-state index in [9.17, 15) is 19.2 Å². The summed E-state index contributed by atoms with van der Waals surface area (Å²) in [5.41, 5.74) is 0. The number of hydrogen-bond acceptors (Lipinski definition) is 5. The van der Waals surface area contributed by atoms with Gasteiger partial charge in [-0.25, -0.2) is 4.79 Å². The average Bonchev–Trinajstić information content (AvgIpc) is 2.69. The molecule has 2 saturated heterocycles. The monoisotopic (exact) mass is 396 g/mol. The molecule has 4 N–H and O–H groups in total. The summed E-state index contributed by atoms with van der Waals surface area (Å²) < 4.78 is 0. The average molecular weight is 396 g/mol. The van der Waals surface area contributed by atoms with Crippen LogP contribution in [0.3, 0.4) is 0 Å². The minimum absolute atomic E-state index is 0.0951. The van der Waals surface area contributed by atoms with Crippen molar-refractivity contribution in [2.45, 2.75) is 51.5 Å². The Bertz CT molecular complexity index is 577. The van der Waals surface area contributed by atoms with E-state index >= 15 is 0 Å². The summed E-state index contributed by atoms with van der Waals surface area (Å²) in [6, 6.07) is -1.16. The largest absolute Gasteiger partial charge is 0.480 e. The van der Waals surface area contributed by atoms with Crippen LogP contribution in [0.1, 0.15) is 45.4 Å². The first-order valence-corrected chi connectivity index (χ1v) is 10.1. The van der Waals surface area contributed by atoms with Gasteiger partial charge in [0.05, 0.1) is 5.92 Å². The molecule has 2 aliphatic heterocycles. The quantitative estimate of drug-likeness (QED) is 0.446. The number of nitrogens with zero attached hydrogens (tertiary/aromatic N) is 1. The molecular weight excluding hydrogens is 364 g/mol. The highest BCUT2D eigenvalue weighted by Crippen LogP contribution is 2.21. The van der Waals surface area contributed by atoms with Crippen LogP contribution in [0.4, 0.5) is 0 Å². The SMILES string of the molecule is CC(=O)N[C@H](CNC(=O)[C@H]1CCCN(C(=O)CCC2CCNCC2)C1)C(=O)O. The van der Waals surface area contributed by atoms with Crippen LogP contribution < -0.4 is 16.0 Å². The van der Waals surface area contributed by atoms with Crippen molar-refractivity contribution in [1.29, 1.82) is 0 Å². The Labute approximate surface area is 165 Å². The van der Waals surface area contributed by atoms with Gasteiger partial charge >= 0.3 is 5.97 Å². The van der Waals surface area contributed by atoms with Crippen molar-refractivity contribution < 1.29 is 24.3 Å². The van der Waals surface area contributed by atoms with Crippen LogP contribution in [0.5, 0.6) is 0 Å². The smallest absolute Gasteiger partial charge is 0.328 e. The lowest BCUT2D eigenvalue weighted by Crippen LogP contribution is -2.51. The fourth-order valence-corrected chi connectivity index (χ4v) is 3.87. The molecule has 0 spiro atoms. The second-order valence-electron chi connectivity index (χ2n) is 7.75. The summed E-state index contributed by atoms with van der Waals surface area (Å²) in [5.74, 6) is -1.59. The zero-order valence-electron chi connectivity index (χ0n) is 16.5. The van der Waals surface area contributed by atoms with E-state index in [1.165, 1.54) is 6.92 Å². The molecule has 2 fully saturated rings. The molecule has 9 heteroatoms. The van der Waals surface area contributed by atoms with Crippen molar-refractivity contribution in [2.24, 2.45) is 11.8 Å². The lowest BCUT2D eigenvalue weighted by Gasteiger charge is -2.33. The second kappa shape index (κ2) is 11.0. The molecule has 3 amide bonds. The minimum Gasteiger partial charge on any atom is -0.480 e. The number of aliphatic carboxylic acids is 1. The Kier molecular flexibility index (Phi) is 8.69. The maximum absolute atomic E-state index is 12.5. The third kappa shape index (κ3) is 7.10. The third-order valence-electron chi connectivity index (χ3n) is 5.53. The molecule has 2 aliphatic rings. The summed E-state index contributed by atoms with van der Waals surface area (Å²) in [7, 11) is 0. The fourth-order valence-electron chi connectivity index (χ4n) is 3.87. The molecule has 0 aromatic heterocycles. The van der Waals surface area contributed by atoms with Crippen molar-refractivity contribution in [3.05, 3.63) is 0 Å².